The van der Waals surface area contributed by atoms with Crippen molar-refractivity contribution in [2.75, 3.05) is 0 Å². The Kier molecular flexibility index (Phi) is 1.58. The maximum absolute atomic E-state index is 3.21. The van der Waals surface area contributed by atoms with Gasteiger partial charge >= 0.3 is 0 Å². The quantitative estimate of drug-likeness (QED) is 0.451. The predicted molar refractivity (Wildman–Crippen MR) is 35.3 cm³/mol. The molecule has 0 aromatic heterocycles. The molecule has 0 bridgehead atoms. The van der Waals surface area contributed by atoms with Crippen LogP contribution in [0, 0.1) is 23.7 Å². The van der Waals surface area contributed by atoms with E-state index < -0.39 is 0 Å². The standard InChI is InChI=1S/C8H12/c1-3-8-5-4-7(2)6-8/h7-8H,3,6H2,1-2H3. The van der Waals surface area contributed by atoms with Gasteiger partial charge < -0.3 is 0 Å². The van der Waals surface area contributed by atoms with Crippen molar-refractivity contribution >= 4 is 0 Å². The largest absolute Gasteiger partial charge is 0.0999 e. The Hall–Kier alpha value is -0.440. The van der Waals surface area contributed by atoms with Crippen LogP contribution >= 0.6 is 0 Å². The Labute approximate surface area is 51.3 Å². The summed E-state index contributed by atoms with van der Waals surface area (Å²) in [5.41, 5.74) is 0. The minimum atomic E-state index is 0.667. The highest BCUT2D eigenvalue weighted by atomic mass is 14.1. The zero-order valence-electron chi connectivity index (χ0n) is 5.57. The lowest BCUT2D eigenvalue weighted by molar-refractivity contribution is 0.547. The normalized spacial score (nSPS) is 34.2. The molecule has 0 saturated heterocycles. The lowest BCUT2D eigenvalue weighted by atomic mass is 10.0. The van der Waals surface area contributed by atoms with E-state index >= 15 is 0 Å². The number of hydrogen-bond acceptors (Lipinski definition) is 0. The highest BCUT2D eigenvalue weighted by molar-refractivity contribution is 5.13. The summed E-state index contributed by atoms with van der Waals surface area (Å²) in [7, 11) is 0. The summed E-state index contributed by atoms with van der Waals surface area (Å²) in [6, 6.07) is 0. The molecule has 0 nitrogen and oxygen atoms in total. The average molecular weight is 108 g/mol. The van der Waals surface area contributed by atoms with Gasteiger partial charge in [-0.15, -0.1) is 0 Å². The van der Waals surface area contributed by atoms with Gasteiger partial charge in [0, 0.05) is 11.8 Å². The minimum Gasteiger partial charge on any atom is -0.0999 e. The summed E-state index contributed by atoms with van der Waals surface area (Å²) in [5.74, 6) is 7.76. The van der Waals surface area contributed by atoms with Crippen molar-refractivity contribution < 1.29 is 0 Å². The van der Waals surface area contributed by atoms with E-state index in [0.29, 0.717) is 11.8 Å². The molecule has 1 rings (SSSR count). The Morgan fingerprint density at radius 3 is 2.50 bits per heavy atom. The van der Waals surface area contributed by atoms with E-state index in [9.17, 15) is 0 Å². The molecule has 0 amide bonds. The molecule has 1 aliphatic carbocycles. The molecular weight excluding hydrogens is 96.1 g/mol. The van der Waals surface area contributed by atoms with Gasteiger partial charge in [0.1, 0.15) is 0 Å². The predicted octanol–water partition coefficient (Wildman–Crippen LogP) is 2.06. The third-order valence-corrected chi connectivity index (χ3v) is 1.66. The first-order valence-electron chi connectivity index (χ1n) is 3.34. The molecule has 44 valence electrons. The molecule has 0 radical (unpaired) electrons. The third-order valence-electron chi connectivity index (χ3n) is 1.66. The van der Waals surface area contributed by atoms with Crippen LogP contribution in [0.25, 0.3) is 0 Å². The Balaban J connectivity index is 2.39. The molecule has 8 heavy (non-hydrogen) atoms. The van der Waals surface area contributed by atoms with E-state index in [2.05, 4.69) is 25.7 Å². The molecule has 0 aromatic rings. The van der Waals surface area contributed by atoms with E-state index in [-0.39, 0.29) is 0 Å². The van der Waals surface area contributed by atoms with E-state index in [1.54, 1.807) is 0 Å². The average Bonchev–Trinajstić information content (AvgIpc) is 2.14. The van der Waals surface area contributed by atoms with Crippen LogP contribution in [0.5, 0.6) is 0 Å². The van der Waals surface area contributed by atoms with Gasteiger partial charge in [0.2, 0.25) is 0 Å². The van der Waals surface area contributed by atoms with Gasteiger partial charge in [-0.05, 0) is 12.8 Å². The van der Waals surface area contributed by atoms with Gasteiger partial charge in [0.15, 0.2) is 0 Å². The summed E-state index contributed by atoms with van der Waals surface area (Å²) in [6.07, 6.45) is 2.51. The molecule has 0 aromatic carbocycles. The minimum absolute atomic E-state index is 0.667. The summed E-state index contributed by atoms with van der Waals surface area (Å²) in [4.78, 5) is 0. The maximum atomic E-state index is 3.21. The van der Waals surface area contributed by atoms with Crippen molar-refractivity contribution in [3.05, 3.63) is 0 Å². The van der Waals surface area contributed by atoms with Crippen LogP contribution in [0.2, 0.25) is 0 Å². The van der Waals surface area contributed by atoms with Gasteiger partial charge in [0.05, 0.1) is 0 Å². The summed E-state index contributed by atoms with van der Waals surface area (Å²) in [5, 5.41) is 0. The first kappa shape index (κ1) is 5.69. The zero-order valence-corrected chi connectivity index (χ0v) is 5.57. The molecule has 0 N–H and O–H groups in total. The van der Waals surface area contributed by atoms with Gasteiger partial charge in [-0.1, -0.05) is 25.7 Å². The monoisotopic (exact) mass is 108 g/mol. The van der Waals surface area contributed by atoms with Crippen LogP contribution < -0.4 is 0 Å². The molecule has 0 heterocycles. The van der Waals surface area contributed by atoms with Crippen molar-refractivity contribution in [3.8, 4) is 11.8 Å². The van der Waals surface area contributed by atoms with Crippen molar-refractivity contribution in [1.82, 2.24) is 0 Å². The summed E-state index contributed by atoms with van der Waals surface area (Å²) < 4.78 is 0. The van der Waals surface area contributed by atoms with E-state index in [1.807, 2.05) is 0 Å². The van der Waals surface area contributed by atoms with Crippen LogP contribution in [0.15, 0.2) is 0 Å². The van der Waals surface area contributed by atoms with Crippen molar-refractivity contribution in [1.29, 1.82) is 0 Å². The van der Waals surface area contributed by atoms with Gasteiger partial charge in [-0.2, -0.15) is 0 Å². The lowest BCUT2D eigenvalue weighted by Crippen LogP contribution is -1.93. The van der Waals surface area contributed by atoms with Crippen LogP contribution in [-0.2, 0) is 0 Å². The van der Waals surface area contributed by atoms with Crippen LogP contribution in [-0.4, -0.2) is 0 Å². The van der Waals surface area contributed by atoms with Crippen LogP contribution in [0.4, 0.5) is 0 Å². The molecule has 0 saturated carbocycles. The third kappa shape index (κ3) is 1.04. The Morgan fingerprint density at radius 1 is 1.50 bits per heavy atom. The van der Waals surface area contributed by atoms with Crippen molar-refractivity contribution in [2.45, 2.75) is 26.7 Å². The fourth-order valence-corrected chi connectivity index (χ4v) is 1.07. The van der Waals surface area contributed by atoms with Gasteiger partial charge in [-0.25, -0.2) is 0 Å². The first-order chi connectivity index (χ1) is 3.83. The first-order valence-corrected chi connectivity index (χ1v) is 3.34. The Bertz CT molecular complexity index is 125. The second-order valence-corrected chi connectivity index (χ2v) is 2.53. The zero-order chi connectivity index (χ0) is 5.98. The number of rotatable bonds is 1. The molecule has 0 spiro atoms. The topological polar surface area (TPSA) is 0 Å². The molecule has 0 heteroatoms. The second kappa shape index (κ2) is 2.22. The fraction of sp³-hybridized carbons (Fsp3) is 0.750. The summed E-state index contributed by atoms with van der Waals surface area (Å²) >= 11 is 0. The molecule has 2 unspecified atom stereocenters. The molecule has 1 aliphatic rings. The number of hydrogen-bond donors (Lipinski definition) is 0. The molecular formula is C8H12. The molecule has 2 atom stereocenters. The smallest absolute Gasteiger partial charge is 0.0212 e. The van der Waals surface area contributed by atoms with Crippen LogP contribution in [0.1, 0.15) is 26.7 Å². The van der Waals surface area contributed by atoms with E-state index in [4.69, 9.17) is 0 Å². The fourth-order valence-electron chi connectivity index (χ4n) is 1.07. The van der Waals surface area contributed by atoms with Gasteiger partial charge in [0.25, 0.3) is 0 Å². The molecule has 0 fully saturated rings. The van der Waals surface area contributed by atoms with Crippen molar-refractivity contribution in [3.63, 3.8) is 0 Å². The highest BCUT2D eigenvalue weighted by Gasteiger charge is 2.11. The second-order valence-electron chi connectivity index (χ2n) is 2.53. The van der Waals surface area contributed by atoms with Crippen molar-refractivity contribution in [2.24, 2.45) is 11.8 Å². The lowest BCUT2D eigenvalue weighted by Gasteiger charge is -2.00. The maximum Gasteiger partial charge on any atom is 0.0212 e. The van der Waals surface area contributed by atoms with E-state index in [0.717, 1.165) is 0 Å². The summed E-state index contributed by atoms with van der Waals surface area (Å²) in [6.45, 7) is 4.40. The van der Waals surface area contributed by atoms with E-state index in [1.165, 1.54) is 12.8 Å². The van der Waals surface area contributed by atoms with Gasteiger partial charge in [-0.3, -0.25) is 0 Å². The molecule has 0 aliphatic heterocycles. The van der Waals surface area contributed by atoms with Crippen LogP contribution in [0.3, 0.4) is 0 Å². The Morgan fingerprint density at radius 2 is 2.25 bits per heavy atom. The SMILES string of the molecule is CCC1C#CC(C)C1. The highest BCUT2D eigenvalue weighted by Crippen LogP contribution is 2.18.